The van der Waals surface area contributed by atoms with Crippen molar-refractivity contribution < 1.29 is 9.84 Å². The number of aryl methyl sites for hydroxylation is 1. The van der Waals surface area contributed by atoms with Crippen LogP contribution in [0.25, 0.3) is 0 Å². The fourth-order valence-electron chi connectivity index (χ4n) is 3.18. The molecule has 0 aliphatic carbocycles. The minimum absolute atomic E-state index is 0.316. The van der Waals surface area contributed by atoms with Crippen molar-refractivity contribution in [3.8, 4) is 5.75 Å². The first kappa shape index (κ1) is 14.2. The Labute approximate surface area is 126 Å². The van der Waals surface area contributed by atoms with E-state index < -0.39 is 6.10 Å². The first-order chi connectivity index (χ1) is 10.1. The lowest BCUT2D eigenvalue weighted by Gasteiger charge is -2.40. The van der Waals surface area contributed by atoms with Crippen LogP contribution in [0.2, 0.25) is 0 Å². The van der Waals surface area contributed by atoms with Crippen molar-refractivity contribution in [2.45, 2.75) is 44.8 Å². The maximum absolute atomic E-state index is 10.6. The van der Waals surface area contributed by atoms with Gasteiger partial charge >= 0.3 is 0 Å². The van der Waals surface area contributed by atoms with Gasteiger partial charge in [-0.15, -0.1) is 0 Å². The molecule has 1 aliphatic rings. The van der Waals surface area contributed by atoms with Crippen LogP contribution in [0.5, 0.6) is 5.75 Å². The summed E-state index contributed by atoms with van der Waals surface area (Å²) in [5, 5.41) is 10.6. The highest BCUT2D eigenvalue weighted by atomic mass is 16.5. The molecule has 2 atom stereocenters. The third-order valence-electron chi connectivity index (χ3n) is 4.43. The number of benzene rings is 2. The van der Waals surface area contributed by atoms with Gasteiger partial charge in [0.05, 0.1) is 6.10 Å². The van der Waals surface area contributed by atoms with Crippen LogP contribution in [0.3, 0.4) is 0 Å². The lowest BCUT2D eigenvalue weighted by atomic mass is 9.82. The highest BCUT2D eigenvalue weighted by molar-refractivity contribution is 5.41. The van der Waals surface area contributed by atoms with Gasteiger partial charge in [0.15, 0.2) is 0 Å². The van der Waals surface area contributed by atoms with Crippen LogP contribution in [0, 0.1) is 6.92 Å². The minimum atomic E-state index is -0.447. The van der Waals surface area contributed by atoms with Crippen molar-refractivity contribution >= 4 is 0 Å². The molecule has 0 saturated carbocycles. The van der Waals surface area contributed by atoms with Crippen LogP contribution in [-0.2, 0) is 6.42 Å². The maximum Gasteiger partial charge on any atom is 0.125 e. The number of hydrogen-bond acceptors (Lipinski definition) is 2. The van der Waals surface area contributed by atoms with E-state index in [1.807, 2.05) is 31.2 Å². The summed E-state index contributed by atoms with van der Waals surface area (Å²) in [4.78, 5) is 0. The van der Waals surface area contributed by atoms with E-state index in [-0.39, 0.29) is 5.60 Å². The van der Waals surface area contributed by atoms with Crippen molar-refractivity contribution in [3.05, 3.63) is 65.2 Å². The van der Waals surface area contributed by atoms with Gasteiger partial charge in [0.25, 0.3) is 0 Å². The summed E-state index contributed by atoms with van der Waals surface area (Å²) in [6.07, 6.45) is 1.91. The fourth-order valence-corrected chi connectivity index (χ4v) is 3.18. The monoisotopic (exact) mass is 282 g/mol. The Kier molecular flexibility index (Phi) is 3.73. The molecule has 110 valence electrons. The molecule has 0 saturated heterocycles. The highest BCUT2D eigenvalue weighted by Gasteiger charge is 2.39. The van der Waals surface area contributed by atoms with Gasteiger partial charge in [0.1, 0.15) is 11.4 Å². The third kappa shape index (κ3) is 2.81. The van der Waals surface area contributed by atoms with E-state index in [0.29, 0.717) is 6.42 Å². The Morgan fingerprint density at radius 2 is 1.95 bits per heavy atom. The molecule has 0 aromatic heterocycles. The second-order valence-electron chi connectivity index (χ2n) is 6.06. The van der Waals surface area contributed by atoms with Gasteiger partial charge in [0, 0.05) is 18.4 Å². The Morgan fingerprint density at radius 3 is 2.67 bits per heavy atom. The summed E-state index contributed by atoms with van der Waals surface area (Å²) >= 11 is 0. The van der Waals surface area contributed by atoms with E-state index in [1.165, 1.54) is 5.56 Å². The summed E-state index contributed by atoms with van der Waals surface area (Å²) in [5.74, 6) is 0.831. The molecule has 1 aliphatic heterocycles. The van der Waals surface area contributed by atoms with E-state index in [0.717, 1.165) is 29.7 Å². The highest BCUT2D eigenvalue weighted by Crippen LogP contribution is 2.42. The van der Waals surface area contributed by atoms with Crippen LogP contribution < -0.4 is 4.74 Å². The van der Waals surface area contributed by atoms with Crippen molar-refractivity contribution in [2.75, 3.05) is 0 Å². The van der Waals surface area contributed by atoms with Crippen LogP contribution in [0.4, 0.5) is 0 Å². The molecule has 2 aromatic rings. The van der Waals surface area contributed by atoms with Gasteiger partial charge in [-0.25, -0.2) is 0 Å². The van der Waals surface area contributed by atoms with E-state index in [2.05, 4.69) is 31.2 Å². The molecule has 0 bridgehead atoms. The van der Waals surface area contributed by atoms with Gasteiger partial charge in [-0.1, -0.05) is 48.9 Å². The van der Waals surface area contributed by atoms with Crippen LogP contribution in [-0.4, -0.2) is 10.7 Å². The predicted molar refractivity (Wildman–Crippen MR) is 84.6 cm³/mol. The van der Waals surface area contributed by atoms with Crippen molar-refractivity contribution in [3.63, 3.8) is 0 Å². The average molecular weight is 282 g/mol. The van der Waals surface area contributed by atoms with Crippen LogP contribution in [0.1, 0.15) is 42.6 Å². The summed E-state index contributed by atoms with van der Waals surface area (Å²) in [5.41, 5.74) is 3.01. The normalized spacial score (nSPS) is 24.2. The number of aliphatic hydroxyl groups excluding tert-OH is 1. The van der Waals surface area contributed by atoms with Crippen molar-refractivity contribution in [1.29, 1.82) is 0 Å². The molecule has 2 aromatic carbocycles. The van der Waals surface area contributed by atoms with E-state index in [1.54, 1.807) is 0 Å². The molecule has 0 radical (unpaired) electrons. The Morgan fingerprint density at radius 1 is 1.19 bits per heavy atom. The predicted octanol–water partition coefficient (Wildman–Crippen LogP) is 4.20. The van der Waals surface area contributed by atoms with E-state index in [9.17, 15) is 5.11 Å². The van der Waals surface area contributed by atoms with E-state index >= 15 is 0 Å². The number of hydrogen-bond donors (Lipinski definition) is 1. The smallest absolute Gasteiger partial charge is 0.125 e. The van der Waals surface area contributed by atoms with Crippen LogP contribution in [0.15, 0.2) is 48.5 Å². The Balaban J connectivity index is 1.92. The first-order valence-electron chi connectivity index (χ1n) is 7.63. The van der Waals surface area contributed by atoms with Gasteiger partial charge in [0.2, 0.25) is 0 Å². The summed E-state index contributed by atoms with van der Waals surface area (Å²) in [6.45, 7) is 4.17. The van der Waals surface area contributed by atoms with E-state index in [4.69, 9.17) is 4.74 Å². The zero-order chi connectivity index (χ0) is 14.9. The molecule has 2 nitrogen and oxygen atoms in total. The Bertz CT molecular complexity index is 621. The van der Waals surface area contributed by atoms with Gasteiger partial charge in [-0.2, -0.15) is 0 Å². The number of aliphatic hydroxyl groups is 1. The molecule has 1 N–H and O–H groups in total. The first-order valence-corrected chi connectivity index (χ1v) is 7.63. The Hall–Kier alpha value is -1.80. The zero-order valence-electron chi connectivity index (χ0n) is 12.7. The molecule has 0 spiro atoms. The summed E-state index contributed by atoms with van der Waals surface area (Å²) in [7, 11) is 0. The molecule has 2 heteroatoms. The molecule has 1 heterocycles. The third-order valence-corrected chi connectivity index (χ3v) is 4.43. The number of ether oxygens (including phenoxy) is 1. The molecule has 1 unspecified atom stereocenters. The molecule has 21 heavy (non-hydrogen) atoms. The SMILES string of the molecule is CCC1(Cc2ccccc2)C[C@@H](O)c2cc(C)ccc2O1. The summed E-state index contributed by atoms with van der Waals surface area (Å²) < 4.78 is 6.34. The second-order valence-corrected chi connectivity index (χ2v) is 6.06. The maximum atomic E-state index is 10.6. The van der Waals surface area contributed by atoms with Crippen molar-refractivity contribution in [2.24, 2.45) is 0 Å². The minimum Gasteiger partial charge on any atom is -0.486 e. The van der Waals surface area contributed by atoms with Gasteiger partial charge < -0.3 is 9.84 Å². The average Bonchev–Trinajstić information content (AvgIpc) is 2.49. The molecule has 0 amide bonds. The standard InChI is InChI=1S/C19H22O2/c1-3-19(12-15-7-5-4-6-8-15)13-17(20)16-11-14(2)9-10-18(16)21-19/h4-11,17,20H,3,12-13H2,1-2H3/t17-,19?/m1/s1. The zero-order valence-corrected chi connectivity index (χ0v) is 12.7. The van der Waals surface area contributed by atoms with Gasteiger partial charge in [-0.05, 0) is 31.0 Å². The number of fused-ring (bicyclic) bond motifs is 1. The lowest BCUT2D eigenvalue weighted by molar-refractivity contribution is -0.0168. The number of rotatable bonds is 3. The van der Waals surface area contributed by atoms with Gasteiger partial charge in [-0.3, -0.25) is 0 Å². The molecule has 3 rings (SSSR count). The van der Waals surface area contributed by atoms with Crippen LogP contribution >= 0.6 is 0 Å². The largest absolute Gasteiger partial charge is 0.486 e. The molecule has 0 fully saturated rings. The quantitative estimate of drug-likeness (QED) is 0.914. The topological polar surface area (TPSA) is 29.5 Å². The second kappa shape index (κ2) is 5.53. The molecular formula is C19H22O2. The summed E-state index contributed by atoms with van der Waals surface area (Å²) in [6, 6.07) is 16.4. The lowest BCUT2D eigenvalue weighted by Crippen LogP contribution is -2.42. The molecular weight excluding hydrogens is 260 g/mol. The van der Waals surface area contributed by atoms with Crippen molar-refractivity contribution in [1.82, 2.24) is 0 Å². The fraction of sp³-hybridized carbons (Fsp3) is 0.368.